The van der Waals surface area contributed by atoms with Gasteiger partial charge in [0.25, 0.3) is 0 Å². The predicted molar refractivity (Wildman–Crippen MR) is 149 cm³/mol. The largest absolute Gasteiger partial charge is 0.363 e. The van der Waals surface area contributed by atoms with Gasteiger partial charge in [0.2, 0.25) is 0 Å². The van der Waals surface area contributed by atoms with Crippen molar-refractivity contribution in [3.63, 3.8) is 0 Å². The molecule has 0 aliphatic rings. The molecule has 0 atom stereocenters. The highest BCUT2D eigenvalue weighted by atomic mass is 15.1. The molecule has 0 radical (unpaired) electrons. The number of hydrogen-bond donors (Lipinski definition) is 0. The first-order chi connectivity index (χ1) is 17.3. The SMILES string of the molecule is C(=C(c1ccccc1)c1ccccc1)c1ccc(N(Cc2ccccc2)Cc2ccccc2)cc1. The van der Waals surface area contributed by atoms with Crippen LogP contribution in [0.5, 0.6) is 0 Å². The third kappa shape index (κ3) is 5.96. The smallest absolute Gasteiger partial charge is 0.0433 e. The maximum atomic E-state index is 2.44. The van der Waals surface area contributed by atoms with Crippen LogP contribution >= 0.6 is 0 Å². The van der Waals surface area contributed by atoms with Crippen molar-refractivity contribution in [2.45, 2.75) is 13.1 Å². The molecule has 0 aliphatic heterocycles. The molecule has 0 bridgehead atoms. The molecule has 0 aliphatic carbocycles. The standard InChI is InChI=1S/C34H29N/c1-5-13-29(14-6-1)26-35(27-30-15-7-2-8-16-30)33-23-21-28(22-24-33)25-34(31-17-9-3-10-18-31)32-19-11-4-12-20-32/h1-25H,26-27H2. The predicted octanol–water partition coefficient (Wildman–Crippen LogP) is 8.48. The molecule has 5 aromatic carbocycles. The van der Waals surface area contributed by atoms with Crippen molar-refractivity contribution in [3.05, 3.63) is 173 Å². The Morgan fingerprint density at radius 3 is 1.29 bits per heavy atom. The Balaban J connectivity index is 1.46. The van der Waals surface area contributed by atoms with Gasteiger partial charge in [0.1, 0.15) is 0 Å². The summed E-state index contributed by atoms with van der Waals surface area (Å²) in [6, 6.07) is 51.5. The Bertz CT molecular complexity index is 1260. The molecule has 0 spiro atoms. The first-order valence-corrected chi connectivity index (χ1v) is 12.1. The summed E-state index contributed by atoms with van der Waals surface area (Å²) in [5, 5.41) is 0. The van der Waals surface area contributed by atoms with Crippen LogP contribution in [0.4, 0.5) is 5.69 Å². The minimum absolute atomic E-state index is 0.865. The second-order valence-corrected chi connectivity index (χ2v) is 8.71. The van der Waals surface area contributed by atoms with Crippen LogP contribution in [0.25, 0.3) is 11.6 Å². The quantitative estimate of drug-likeness (QED) is 0.214. The van der Waals surface area contributed by atoms with Crippen LogP contribution in [-0.4, -0.2) is 0 Å². The summed E-state index contributed by atoms with van der Waals surface area (Å²) in [4.78, 5) is 2.44. The van der Waals surface area contributed by atoms with Gasteiger partial charge in [0.05, 0.1) is 0 Å². The highest BCUT2D eigenvalue weighted by molar-refractivity contribution is 5.91. The van der Waals surface area contributed by atoms with Gasteiger partial charge >= 0.3 is 0 Å². The monoisotopic (exact) mass is 451 g/mol. The summed E-state index contributed by atoms with van der Waals surface area (Å²) in [7, 11) is 0. The van der Waals surface area contributed by atoms with Gasteiger partial charge in [-0.05, 0) is 51.6 Å². The van der Waals surface area contributed by atoms with E-state index < -0.39 is 0 Å². The van der Waals surface area contributed by atoms with Crippen LogP contribution in [0, 0.1) is 0 Å². The Labute approximate surface area is 208 Å². The normalized spacial score (nSPS) is 10.5. The third-order valence-electron chi connectivity index (χ3n) is 6.17. The van der Waals surface area contributed by atoms with Crippen LogP contribution in [-0.2, 0) is 13.1 Å². The molecule has 0 unspecified atom stereocenters. The zero-order valence-electron chi connectivity index (χ0n) is 19.8. The molecular formula is C34H29N. The topological polar surface area (TPSA) is 3.24 Å². The molecule has 1 heteroatoms. The van der Waals surface area contributed by atoms with Crippen LogP contribution in [0.2, 0.25) is 0 Å². The van der Waals surface area contributed by atoms with E-state index in [-0.39, 0.29) is 0 Å². The lowest BCUT2D eigenvalue weighted by molar-refractivity contribution is 0.800. The van der Waals surface area contributed by atoms with Gasteiger partial charge in [-0.2, -0.15) is 0 Å². The zero-order chi connectivity index (χ0) is 23.7. The first-order valence-electron chi connectivity index (χ1n) is 12.1. The van der Waals surface area contributed by atoms with Crippen molar-refractivity contribution < 1.29 is 0 Å². The molecule has 0 heterocycles. The summed E-state index contributed by atoms with van der Waals surface area (Å²) in [6.07, 6.45) is 2.28. The molecule has 5 rings (SSSR count). The third-order valence-corrected chi connectivity index (χ3v) is 6.17. The molecule has 0 N–H and O–H groups in total. The molecule has 35 heavy (non-hydrogen) atoms. The molecule has 0 saturated carbocycles. The lowest BCUT2D eigenvalue weighted by Crippen LogP contribution is -2.22. The van der Waals surface area contributed by atoms with Crippen molar-refractivity contribution in [2.24, 2.45) is 0 Å². The van der Waals surface area contributed by atoms with Crippen LogP contribution in [0.1, 0.15) is 27.8 Å². The number of benzene rings is 5. The van der Waals surface area contributed by atoms with E-state index in [9.17, 15) is 0 Å². The zero-order valence-corrected chi connectivity index (χ0v) is 19.8. The van der Waals surface area contributed by atoms with Gasteiger partial charge in [-0.15, -0.1) is 0 Å². The Morgan fingerprint density at radius 2 is 0.857 bits per heavy atom. The summed E-state index contributed by atoms with van der Waals surface area (Å²) in [5.74, 6) is 0. The van der Waals surface area contributed by atoms with Crippen molar-refractivity contribution in [1.82, 2.24) is 0 Å². The van der Waals surface area contributed by atoms with E-state index in [1.165, 1.54) is 39.1 Å². The average Bonchev–Trinajstić information content (AvgIpc) is 2.94. The Morgan fingerprint density at radius 1 is 0.457 bits per heavy atom. The van der Waals surface area contributed by atoms with Gasteiger partial charge in [0.15, 0.2) is 0 Å². The summed E-state index contributed by atoms with van der Waals surface area (Å²) in [6.45, 7) is 1.73. The van der Waals surface area contributed by atoms with E-state index in [1.807, 2.05) is 0 Å². The van der Waals surface area contributed by atoms with Gasteiger partial charge in [0, 0.05) is 18.8 Å². The van der Waals surface area contributed by atoms with Crippen molar-refractivity contribution >= 4 is 17.3 Å². The molecule has 0 amide bonds. The van der Waals surface area contributed by atoms with E-state index in [0.717, 1.165) is 13.1 Å². The molecular weight excluding hydrogens is 422 g/mol. The summed E-state index contributed by atoms with van der Waals surface area (Å²) < 4.78 is 0. The highest BCUT2D eigenvalue weighted by Crippen LogP contribution is 2.27. The van der Waals surface area contributed by atoms with E-state index >= 15 is 0 Å². The van der Waals surface area contributed by atoms with Gasteiger partial charge in [-0.3, -0.25) is 0 Å². The first kappa shape index (κ1) is 22.4. The van der Waals surface area contributed by atoms with Crippen molar-refractivity contribution in [1.29, 1.82) is 0 Å². The molecule has 5 aromatic rings. The van der Waals surface area contributed by atoms with Crippen LogP contribution in [0.3, 0.4) is 0 Å². The fourth-order valence-electron chi connectivity index (χ4n) is 4.36. The number of nitrogens with zero attached hydrogens (tertiary/aromatic N) is 1. The van der Waals surface area contributed by atoms with E-state index in [2.05, 4.69) is 157 Å². The molecule has 0 aromatic heterocycles. The van der Waals surface area contributed by atoms with E-state index in [0.29, 0.717) is 0 Å². The van der Waals surface area contributed by atoms with Crippen molar-refractivity contribution in [3.8, 4) is 0 Å². The van der Waals surface area contributed by atoms with Gasteiger partial charge < -0.3 is 4.90 Å². The molecule has 0 fully saturated rings. The highest BCUT2D eigenvalue weighted by Gasteiger charge is 2.10. The maximum absolute atomic E-state index is 2.44. The minimum atomic E-state index is 0.865. The maximum Gasteiger partial charge on any atom is 0.0433 e. The lowest BCUT2D eigenvalue weighted by atomic mass is 9.95. The fraction of sp³-hybridized carbons (Fsp3) is 0.0588. The van der Waals surface area contributed by atoms with Gasteiger partial charge in [-0.1, -0.05) is 133 Å². The minimum Gasteiger partial charge on any atom is -0.363 e. The Kier molecular flexibility index (Phi) is 7.16. The van der Waals surface area contributed by atoms with E-state index in [1.54, 1.807) is 0 Å². The number of hydrogen-bond acceptors (Lipinski definition) is 1. The number of anilines is 1. The van der Waals surface area contributed by atoms with Crippen LogP contribution in [0.15, 0.2) is 146 Å². The molecule has 0 saturated heterocycles. The van der Waals surface area contributed by atoms with Gasteiger partial charge in [-0.25, -0.2) is 0 Å². The molecule has 170 valence electrons. The second kappa shape index (κ2) is 11.2. The fourth-order valence-corrected chi connectivity index (χ4v) is 4.36. The number of rotatable bonds is 8. The van der Waals surface area contributed by atoms with Crippen molar-refractivity contribution in [2.75, 3.05) is 4.90 Å². The van der Waals surface area contributed by atoms with Crippen LogP contribution < -0.4 is 4.90 Å². The Hall–Kier alpha value is -4.36. The van der Waals surface area contributed by atoms with E-state index in [4.69, 9.17) is 0 Å². The summed E-state index contributed by atoms with van der Waals surface area (Å²) >= 11 is 0. The molecule has 1 nitrogen and oxygen atoms in total. The second-order valence-electron chi connectivity index (χ2n) is 8.71. The average molecular weight is 452 g/mol. The lowest BCUT2D eigenvalue weighted by Gasteiger charge is -2.25. The summed E-state index contributed by atoms with van der Waals surface area (Å²) in [5.41, 5.74) is 8.69.